The normalized spacial score (nSPS) is 10.4. The summed E-state index contributed by atoms with van der Waals surface area (Å²) >= 11 is 5.81. The van der Waals surface area contributed by atoms with Crippen molar-refractivity contribution in [1.82, 2.24) is 14.8 Å². The molecule has 2 aromatic rings. The number of hydrogen-bond donors (Lipinski definition) is 2. The number of nitrogen functional groups attached to an aromatic ring is 1. The highest BCUT2D eigenvalue weighted by atomic mass is 35.5. The Kier molecular flexibility index (Phi) is 2.96. The maximum absolute atomic E-state index is 5.81. The number of halogens is 1. The first-order valence-electron chi connectivity index (χ1n) is 4.78. The largest absolute Gasteiger partial charge is 0.397 e. The minimum atomic E-state index is 0.572. The number of aryl methyl sites for hydroxylation is 1. The number of aromatic nitrogens is 3. The van der Waals surface area contributed by atoms with Crippen molar-refractivity contribution < 1.29 is 0 Å². The zero-order valence-corrected chi connectivity index (χ0v) is 9.57. The van der Waals surface area contributed by atoms with Crippen molar-refractivity contribution in [3.63, 3.8) is 0 Å². The number of nitrogens with zero attached hydrogens (tertiary/aromatic N) is 3. The molecule has 0 spiro atoms. The molecule has 0 saturated carbocycles. The zero-order chi connectivity index (χ0) is 11.5. The van der Waals surface area contributed by atoms with Gasteiger partial charge < -0.3 is 15.6 Å². The SMILES string of the molecule is Cn1cnnc1CNc1ccc(Cl)cc1N. The highest BCUT2D eigenvalue weighted by Gasteiger charge is 2.02. The van der Waals surface area contributed by atoms with Crippen LogP contribution < -0.4 is 11.1 Å². The van der Waals surface area contributed by atoms with E-state index in [9.17, 15) is 0 Å². The Morgan fingerprint density at radius 3 is 2.94 bits per heavy atom. The molecule has 5 nitrogen and oxygen atoms in total. The van der Waals surface area contributed by atoms with Crippen molar-refractivity contribution in [2.75, 3.05) is 11.1 Å². The third kappa shape index (κ3) is 2.25. The maximum Gasteiger partial charge on any atom is 0.151 e. The Morgan fingerprint density at radius 1 is 1.50 bits per heavy atom. The van der Waals surface area contributed by atoms with Gasteiger partial charge in [-0.1, -0.05) is 11.6 Å². The van der Waals surface area contributed by atoms with E-state index < -0.39 is 0 Å². The fourth-order valence-corrected chi connectivity index (χ4v) is 1.52. The first kappa shape index (κ1) is 10.8. The van der Waals surface area contributed by atoms with Crippen LogP contribution in [0.25, 0.3) is 0 Å². The number of benzene rings is 1. The molecule has 2 rings (SSSR count). The molecule has 0 amide bonds. The number of hydrogen-bond acceptors (Lipinski definition) is 4. The second-order valence-corrected chi connectivity index (χ2v) is 3.88. The molecule has 3 N–H and O–H groups in total. The van der Waals surface area contributed by atoms with Gasteiger partial charge in [-0.3, -0.25) is 0 Å². The number of nitrogens with two attached hydrogens (primary N) is 1. The molecule has 0 radical (unpaired) electrons. The molecule has 0 fully saturated rings. The summed E-state index contributed by atoms with van der Waals surface area (Å²) in [6, 6.07) is 5.34. The molecular formula is C10H12ClN5. The molecule has 1 aromatic heterocycles. The summed E-state index contributed by atoms with van der Waals surface area (Å²) in [5.74, 6) is 0.842. The van der Waals surface area contributed by atoms with Gasteiger partial charge in [0, 0.05) is 12.1 Å². The predicted octanol–water partition coefficient (Wildman–Crippen LogP) is 1.66. The van der Waals surface area contributed by atoms with E-state index in [-0.39, 0.29) is 0 Å². The zero-order valence-electron chi connectivity index (χ0n) is 8.81. The number of rotatable bonds is 3. The van der Waals surface area contributed by atoms with Crippen molar-refractivity contribution in [1.29, 1.82) is 0 Å². The minimum Gasteiger partial charge on any atom is -0.397 e. The van der Waals surface area contributed by atoms with E-state index in [1.807, 2.05) is 17.7 Å². The lowest BCUT2D eigenvalue weighted by Gasteiger charge is -2.08. The van der Waals surface area contributed by atoms with Crippen molar-refractivity contribution >= 4 is 23.0 Å². The minimum absolute atomic E-state index is 0.572. The Balaban J connectivity index is 2.08. The van der Waals surface area contributed by atoms with Crippen LogP contribution in [0.4, 0.5) is 11.4 Å². The van der Waals surface area contributed by atoms with Gasteiger partial charge in [0.2, 0.25) is 0 Å². The van der Waals surface area contributed by atoms with E-state index in [0.29, 0.717) is 17.3 Å². The van der Waals surface area contributed by atoms with Gasteiger partial charge in [0.15, 0.2) is 5.82 Å². The second kappa shape index (κ2) is 4.40. The van der Waals surface area contributed by atoms with Crippen LogP contribution in [0.15, 0.2) is 24.5 Å². The molecule has 0 aliphatic heterocycles. The molecule has 6 heteroatoms. The van der Waals surface area contributed by atoms with E-state index in [1.54, 1.807) is 18.5 Å². The van der Waals surface area contributed by atoms with Crippen LogP contribution in [0.2, 0.25) is 5.02 Å². The fourth-order valence-electron chi connectivity index (χ4n) is 1.34. The Hall–Kier alpha value is -1.75. The smallest absolute Gasteiger partial charge is 0.151 e. The standard InChI is InChI=1S/C10H12ClN5/c1-16-6-14-15-10(16)5-13-9-3-2-7(11)4-8(9)12/h2-4,6,13H,5,12H2,1H3. The van der Waals surface area contributed by atoms with Gasteiger partial charge in [0.25, 0.3) is 0 Å². The first-order valence-corrected chi connectivity index (χ1v) is 5.16. The average molecular weight is 238 g/mol. The van der Waals surface area contributed by atoms with E-state index in [1.165, 1.54) is 0 Å². The molecule has 0 saturated heterocycles. The predicted molar refractivity (Wildman–Crippen MR) is 64.2 cm³/mol. The van der Waals surface area contributed by atoms with Gasteiger partial charge in [0.1, 0.15) is 6.33 Å². The molecule has 84 valence electrons. The Bertz CT molecular complexity index is 494. The van der Waals surface area contributed by atoms with Crippen LogP contribution in [-0.2, 0) is 13.6 Å². The van der Waals surface area contributed by atoms with E-state index in [2.05, 4.69) is 15.5 Å². The monoisotopic (exact) mass is 237 g/mol. The fraction of sp³-hybridized carbons (Fsp3) is 0.200. The molecule has 16 heavy (non-hydrogen) atoms. The van der Waals surface area contributed by atoms with Gasteiger partial charge in [-0.15, -0.1) is 10.2 Å². The van der Waals surface area contributed by atoms with E-state index in [4.69, 9.17) is 17.3 Å². The van der Waals surface area contributed by atoms with Crippen LogP contribution in [0.1, 0.15) is 5.82 Å². The molecule has 0 unspecified atom stereocenters. The van der Waals surface area contributed by atoms with Gasteiger partial charge in [-0.25, -0.2) is 0 Å². The third-order valence-corrected chi connectivity index (χ3v) is 2.49. The molecule has 0 aliphatic rings. The number of nitrogens with one attached hydrogen (secondary N) is 1. The van der Waals surface area contributed by atoms with Gasteiger partial charge in [-0.05, 0) is 18.2 Å². The molecule has 0 aliphatic carbocycles. The third-order valence-electron chi connectivity index (χ3n) is 2.26. The van der Waals surface area contributed by atoms with E-state index in [0.717, 1.165) is 11.5 Å². The van der Waals surface area contributed by atoms with Crippen LogP contribution >= 0.6 is 11.6 Å². The lowest BCUT2D eigenvalue weighted by Crippen LogP contribution is -2.07. The van der Waals surface area contributed by atoms with Crippen LogP contribution in [0.5, 0.6) is 0 Å². The highest BCUT2D eigenvalue weighted by Crippen LogP contribution is 2.22. The van der Waals surface area contributed by atoms with Crippen molar-refractivity contribution in [2.45, 2.75) is 6.54 Å². The van der Waals surface area contributed by atoms with Crippen molar-refractivity contribution in [3.8, 4) is 0 Å². The highest BCUT2D eigenvalue weighted by molar-refractivity contribution is 6.31. The summed E-state index contributed by atoms with van der Waals surface area (Å²) in [5.41, 5.74) is 7.27. The molecule has 0 atom stereocenters. The van der Waals surface area contributed by atoms with Gasteiger partial charge >= 0.3 is 0 Å². The van der Waals surface area contributed by atoms with Crippen LogP contribution in [-0.4, -0.2) is 14.8 Å². The van der Waals surface area contributed by atoms with Crippen molar-refractivity contribution in [2.24, 2.45) is 7.05 Å². The number of anilines is 2. The topological polar surface area (TPSA) is 68.8 Å². The molecular weight excluding hydrogens is 226 g/mol. The summed E-state index contributed by atoms with van der Waals surface area (Å²) in [7, 11) is 1.89. The lowest BCUT2D eigenvalue weighted by atomic mass is 10.2. The van der Waals surface area contributed by atoms with Crippen LogP contribution in [0.3, 0.4) is 0 Å². The lowest BCUT2D eigenvalue weighted by molar-refractivity contribution is 0.812. The Morgan fingerprint density at radius 2 is 2.31 bits per heavy atom. The summed E-state index contributed by atoms with van der Waals surface area (Å²) < 4.78 is 1.85. The maximum atomic E-state index is 5.81. The molecule has 1 heterocycles. The molecule has 1 aromatic carbocycles. The summed E-state index contributed by atoms with van der Waals surface area (Å²) in [6.07, 6.45) is 1.65. The van der Waals surface area contributed by atoms with Gasteiger partial charge in [0.05, 0.1) is 17.9 Å². The molecule has 0 bridgehead atoms. The average Bonchev–Trinajstić information content (AvgIpc) is 2.63. The first-order chi connectivity index (χ1) is 7.66. The summed E-state index contributed by atoms with van der Waals surface area (Å²) in [5, 5.41) is 11.6. The quantitative estimate of drug-likeness (QED) is 0.797. The summed E-state index contributed by atoms with van der Waals surface area (Å²) in [6.45, 7) is 0.572. The summed E-state index contributed by atoms with van der Waals surface area (Å²) in [4.78, 5) is 0. The van der Waals surface area contributed by atoms with Crippen LogP contribution in [0, 0.1) is 0 Å². The Labute approximate surface area is 98.2 Å². The second-order valence-electron chi connectivity index (χ2n) is 3.44. The van der Waals surface area contributed by atoms with E-state index >= 15 is 0 Å². The van der Waals surface area contributed by atoms with Gasteiger partial charge in [-0.2, -0.15) is 0 Å². The van der Waals surface area contributed by atoms with Crippen molar-refractivity contribution in [3.05, 3.63) is 35.4 Å².